The number of H-pyrrole nitrogens is 1. The number of aliphatic hydroxyl groups is 1. The lowest BCUT2D eigenvalue weighted by atomic mass is 10.1. The minimum Gasteiger partial charge on any atom is -0.394 e. The second-order valence-electron chi connectivity index (χ2n) is 4.27. The molecule has 0 aromatic carbocycles. The third-order valence-electron chi connectivity index (χ3n) is 2.83. The molecular weight excluding hydrogens is 330 g/mol. The highest BCUT2D eigenvalue weighted by Crippen LogP contribution is 2.44. The Bertz CT molecular complexity index is 673. The van der Waals surface area contributed by atoms with Gasteiger partial charge in [0.05, 0.1) is 6.61 Å². The van der Waals surface area contributed by atoms with Crippen LogP contribution in [-0.2, 0) is 21.1 Å². The number of rotatable bonds is 4. The first-order valence-electron chi connectivity index (χ1n) is 5.69. The second kappa shape index (κ2) is 6.05. The molecule has 0 aliphatic carbocycles. The summed E-state index contributed by atoms with van der Waals surface area (Å²) < 4.78 is 24.8. The zero-order valence-electron chi connectivity index (χ0n) is 10.3. The summed E-state index contributed by atoms with van der Waals surface area (Å²) in [6, 6.07) is 0.988. The quantitative estimate of drug-likeness (QED) is 0.479. The summed E-state index contributed by atoms with van der Waals surface area (Å²) in [4.78, 5) is 42.7. The number of hydrogen-bond acceptors (Lipinski definition) is 6. The molecule has 1 aliphatic rings. The third-order valence-corrected chi connectivity index (χ3v) is 3.61. The Morgan fingerprint density at radius 3 is 2.71 bits per heavy atom. The maximum absolute atomic E-state index is 14.3. The van der Waals surface area contributed by atoms with Crippen LogP contribution in [0.15, 0.2) is 21.9 Å². The first-order valence-corrected chi connectivity index (χ1v) is 8.31. The van der Waals surface area contributed by atoms with E-state index in [0.29, 0.717) is 0 Å². The first-order chi connectivity index (χ1) is 9.73. The van der Waals surface area contributed by atoms with E-state index in [1.165, 1.54) is 0 Å². The van der Waals surface area contributed by atoms with Crippen LogP contribution in [0.5, 0.6) is 0 Å². The predicted molar refractivity (Wildman–Crippen MR) is 70.8 cm³/mol. The summed E-state index contributed by atoms with van der Waals surface area (Å²) in [6.45, 7) is -4.87. The number of aromatic amines is 1. The van der Waals surface area contributed by atoms with Crippen LogP contribution in [0.25, 0.3) is 0 Å². The number of aromatic nitrogens is 2. The maximum atomic E-state index is 14.3. The average Bonchev–Trinajstić information content (AvgIpc) is 2.65. The molecule has 1 aliphatic heterocycles. The summed E-state index contributed by atoms with van der Waals surface area (Å²) in [7, 11) is 0. The van der Waals surface area contributed by atoms with Gasteiger partial charge in [0, 0.05) is 12.3 Å². The van der Waals surface area contributed by atoms with Crippen LogP contribution in [0.1, 0.15) is 6.23 Å². The van der Waals surface area contributed by atoms with Gasteiger partial charge in [-0.3, -0.25) is 18.9 Å². The lowest BCUT2D eigenvalue weighted by molar-refractivity contribution is -0.0476. The van der Waals surface area contributed by atoms with Gasteiger partial charge in [0.1, 0.15) is 12.2 Å². The van der Waals surface area contributed by atoms with Crippen molar-refractivity contribution in [3.8, 4) is 0 Å². The zero-order chi connectivity index (χ0) is 15.8. The zero-order valence-corrected chi connectivity index (χ0v) is 12.0. The summed E-state index contributed by atoms with van der Waals surface area (Å²) >= 11 is 4.25. The Kier molecular flexibility index (Phi) is 4.73. The number of hydrogen-bond donors (Lipinski definition) is 4. The van der Waals surface area contributed by atoms with Crippen molar-refractivity contribution in [2.24, 2.45) is 0 Å². The standard InChI is InChI=1S/C9H12FN2O7PS/c10-6-7(19-20(16,17)21)4(3-13)18-8(6)12-2-1-5(14)11-9(12)15/h1-2,4,6-8,13H,3H2,(H,11,14,15)(H2,16,17,21)/t4-,6-,7-,8-/m1/s1. The van der Waals surface area contributed by atoms with Gasteiger partial charge in [-0.15, -0.1) is 0 Å². The molecule has 1 fully saturated rings. The highest BCUT2D eigenvalue weighted by Gasteiger charge is 2.48. The van der Waals surface area contributed by atoms with Gasteiger partial charge < -0.3 is 19.6 Å². The third kappa shape index (κ3) is 3.64. The second-order valence-corrected chi connectivity index (χ2v) is 6.89. The molecule has 2 rings (SSSR count). The van der Waals surface area contributed by atoms with E-state index < -0.39 is 49.2 Å². The molecule has 9 nitrogen and oxygen atoms in total. The lowest BCUT2D eigenvalue weighted by Gasteiger charge is -2.20. The van der Waals surface area contributed by atoms with Crippen molar-refractivity contribution < 1.29 is 28.5 Å². The Morgan fingerprint density at radius 2 is 2.19 bits per heavy atom. The summed E-state index contributed by atoms with van der Waals surface area (Å²) in [6.07, 6.45) is -5.29. The van der Waals surface area contributed by atoms with Gasteiger partial charge in [-0.05, 0) is 11.8 Å². The molecule has 0 bridgehead atoms. The number of halogens is 1. The van der Waals surface area contributed by atoms with E-state index in [9.17, 15) is 14.0 Å². The molecular formula is C9H12FN2O7PS. The number of nitrogens with zero attached hydrogens (tertiary/aromatic N) is 1. The number of alkyl halides is 1. The highest BCUT2D eigenvalue weighted by molar-refractivity contribution is 8.06. The topological polar surface area (TPSA) is 134 Å². The minimum atomic E-state index is -4.18. The smallest absolute Gasteiger partial charge is 0.330 e. The van der Waals surface area contributed by atoms with Crippen molar-refractivity contribution in [2.45, 2.75) is 24.6 Å². The van der Waals surface area contributed by atoms with Crippen molar-refractivity contribution in [1.29, 1.82) is 0 Å². The van der Waals surface area contributed by atoms with Crippen LogP contribution in [0.4, 0.5) is 4.39 Å². The average molecular weight is 342 g/mol. The van der Waals surface area contributed by atoms with E-state index in [0.717, 1.165) is 16.8 Å². The molecule has 4 N–H and O–H groups in total. The van der Waals surface area contributed by atoms with E-state index in [-0.39, 0.29) is 0 Å². The van der Waals surface area contributed by atoms with E-state index >= 15 is 0 Å². The molecule has 0 radical (unpaired) electrons. The molecule has 0 amide bonds. The molecule has 12 heteroatoms. The monoisotopic (exact) mass is 342 g/mol. The molecule has 21 heavy (non-hydrogen) atoms. The number of ether oxygens (including phenoxy) is 1. The maximum Gasteiger partial charge on any atom is 0.330 e. The molecule has 1 aromatic rings. The number of aliphatic hydroxyl groups excluding tert-OH is 1. The summed E-state index contributed by atoms with van der Waals surface area (Å²) in [5, 5.41) is 9.13. The largest absolute Gasteiger partial charge is 0.394 e. The molecule has 4 atom stereocenters. The van der Waals surface area contributed by atoms with E-state index in [1.54, 1.807) is 0 Å². The van der Waals surface area contributed by atoms with Crippen LogP contribution < -0.4 is 11.2 Å². The molecule has 118 valence electrons. The van der Waals surface area contributed by atoms with Crippen molar-refractivity contribution in [1.82, 2.24) is 9.55 Å². The highest BCUT2D eigenvalue weighted by atomic mass is 32.5. The SMILES string of the molecule is O=c1ccn([C@@H]2O[C@H](CO)[C@@H](OP(O)(O)=S)[C@H]2F)c(=O)[nH]1. The van der Waals surface area contributed by atoms with Crippen molar-refractivity contribution in [3.05, 3.63) is 33.1 Å². The van der Waals surface area contributed by atoms with Gasteiger partial charge in [0.15, 0.2) is 12.4 Å². The van der Waals surface area contributed by atoms with Gasteiger partial charge in [-0.1, -0.05) is 0 Å². The fourth-order valence-electron chi connectivity index (χ4n) is 1.98. The molecule has 1 saturated heterocycles. The van der Waals surface area contributed by atoms with E-state index in [1.807, 2.05) is 4.98 Å². The molecule has 2 heterocycles. The van der Waals surface area contributed by atoms with Crippen molar-refractivity contribution >= 4 is 18.5 Å². The summed E-state index contributed by atoms with van der Waals surface area (Å²) in [5.41, 5.74) is -1.59. The Labute approximate surface area is 121 Å². The Morgan fingerprint density at radius 1 is 1.52 bits per heavy atom. The van der Waals surface area contributed by atoms with Crippen LogP contribution in [0, 0.1) is 0 Å². The Balaban J connectivity index is 2.33. The van der Waals surface area contributed by atoms with Gasteiger partial charge in [-0.25, -0.2) is 9.18 Å². The molecule has 1 aromatic heterocycles. The fraction of sp³-hybridized carbons (Fsp3) is 0.556. The predicted octanol–water partition coefficient (Wildman–Crippen LogP) is -1.64. The van der Waals surface area contributed by atoms with Crippen LogP contribution in [-0.4, -0.2) is 49.4 Å². The van der Waals surface area contributed by atoms with Gasteiger partial charge >= 0.3 is 12.4 Å². The van der Waals surface area contributed by atoms with Gasteiger partial charge in [0.2, 0.25) is 0 Å². The van der Waals surface area contributed by atoms with Crippen molar-refractivity contribution in [2.75, 3.05) is 6.61 Å². The van der Waals surface area contributed by atoms with Gasteiger partial charge in [-0.2, -0.15) is 0 Å². The fourth-order valence-corrected chi connectivity index (χ4v) is 2.84. The van der Waals surface area contributed by atoms with Crippen LogP contribution in [0.3, 0.4) is 0 Å². The first kappa shape index (κ1) is 16.4. The lowest BCUT2D eigenvalue weighted by Crippen LogP contribution is -2.36. The van der Waals surface area contributed by atoms with Crippen molar-refractivity contribution in [3.63, 3.8) is 0 Å². The molecule has 0 spiro atoms. The van der Waals surface area contributed by atoms with Crippen LogP contribution in [0.2, 0.25) is 0 Å². The normalized spacial score (nSPS) is 29.7. The Hall–Kier alpha value is -0.940. The van der Waals surface area contributed by atoms with E-state index in [4.69, 9.17) is 19.6 Å². The summed E-state index contributed by atoms with van der Waals surface area (Å²) in [5.74, 6) is 0. The number of nitrogens with one attached hydrogen (secondary N) is 1. The molecule has 0 unspecified atom stereocenters. The van der Waals surface area contributed by atoms with E-state index in [2.05, 4.69) is 16.3 Å². The minimum absolute atomic E-state index is 0.669. The van der Waals surface area contributed by atoms with Crippen LogP contribution >= 0.6 is 6.72 Å². The van der Waals surface area contributed by atoms with Gasteiger partial charge in [0.25, 0.3) is 5.56 Å². The molecule has 0 saturated carbocycles.